The summed E-state index contributed by atoms with van der Waals surface area (Å²) >= 11 is 0. The number of ether oxygens (including phenoxy) is 1. The van der Waals surface area contributed by atoms with Crippen LogP contribution in [-0.4, -0.2) is 30.5 Å². The predicted molar refractivity (Wildman–Crippen MR) is 98.2 cm³/mol. The normalized spacial score (nSPS) is 11.0. The average Bonchev–Trinajstić information content (AvgIpc) is 2.63. The van der Waals surface area contributed by atoms with Crippen LogP contribution in [0.25, 0.3) is 21.7 Å². The van der Waals surface area contributed by atoms with Crippen LogP contribution in [0, 0.1) is 6.92 Å². The molecule has 0 atom stereocenters. The minimum atomic E-state index is -0.373. The number of benzene rings is 2. The van der Waals surface area contributed by atoms with Crippen molar-refractivity contribution in [2.45, 2.75) is 20.8 Å². The Bertz CT molecular complexity index is 986. The van der Waals surface area contributed by atoms with Gasteiger partial charge in [0.25, 0.3) is 5.91 Å². The van der Waals surface area contributed by atoms with E-state index in [1.165, 1.54) is 0 Å². The first-order valence-corrected chi connectivity index (χ1v) is 8.42. The number of carbonyl (C=O) groups is 1. The van der Waals surface area contributed by atoms with Crippen molar-refractivity contribution in [1.82, 2.24) is 4.90 Å². The monoisotopic (exact) mass is 339 g/mol. The standard InChI is InChI=1S/C20H21NO4/c1-4-21(5-2)18(22)12-24-17-11-10-15-14-8-6-7-9-16(14)20(23)25-19(15)13(17)3/h6-11H,4-5,12H2,1-3H3. The molecule has 0 saturated carbocycles. The van der Waals surface area contributed by atoms with Gasteiger partial charge in [0.05, 0.1) is 5.39 Å². The molecule has 0 aliphatic carbocycles. The quantitative estimate of drug-likeness (QED) is 0.527. The van der Waals surface area contributed by atoms with Crippen LogP contribution in [0.15, 0.2) is 45.6 Å². The molecule has 1 aromatic heterocycles. The van der Waals surface area contributed by atoms with Gasteiger partial charge in [0.15, 0.2) is 6.61 Å². The highest BCUT2D eigenvalue weighted by Crippen LogP contribution is 2.30. The Morgan fingerprint density at radius 2 is 1.72 bits per heavy atom. The molecule has 0 radical (unpaired) electrons. The fourth-order valence-electron chi connectivity index (χ4n) is 3.02. The lowest BCUT2D eigenvalue weighted by Crippen LogP contribution is -2.34. The van der Waals surface area contributed by atoms with E-state index in [9.17, 15) is 9.59 Å². The van der Waals surface area contributed by atoms with Crippen LogP contribution in [-0.2, 0) is 4.79 Å². The Balaban J connectivity index is 1.99. The fourth-order valence-corrected chi connectivity index (χ4v) is 3.02. The molecule has 130 valence electrons. The van der Waals surface area contributed by atoms with Crippen LogP contribution in [0.4, 0.5) is 0 Å². The summed E-state index contributed by atoms with van der Waals surface area (Å²) in [5, 5.41) is 2.26. The molecule has 1 amide bonds. The maximum atomic E-state index is 12.2. The third-order valence-corrected chi connectivity index (χ3v) is 4.46. The van der Waals surface area contributed by atoms with Crippen molar-refractivity contribution >= 4 is 27.6 Å². The number of hydrogen-bond donors (Lipinski definition) is 0. The van der Waals surface area contributed by atoms with Crippen molar-refractivity contribution in [3.8, 4) is 5.75 Å². The van der Waals surface area contributed by atoms with E-state index in [1.54, 1.807) is 11.0 Å². The Kier molecular flexibility index (Phi) is 4.74. The summed E-state index contributed by atoms with van der Waals surface area (Å²) in [6.07, 6.45) is 0. The summed E-state index contributed by atoms with van der Waals surface area (Å²) in [5.74, 6) is 0.482. The van der Waals surface area contributed by atoms with Crippen LogP contribution in [0.3, 0.4) is 0 Å². The average molecular weight is 339 g/mol. The van der Waals surface area contributed by atoms with Gasteiger partial charge in [-0.2, -0.15) is 0 Å². The van der Waals surface area contributed by atoms with Crippen LogP contribution >= 0.6 is 0 Å². The van der Waals surface area contributed by atoms with Crippen molar-refractivity contribution in [2.24, 2.45) is 0 Å². The molecule has 5 heteroatoms. The molecule has 2 aromatic carbocycles. The molecule has 1 heterocycles. The SMILES string of the molecule is CCN(CC)C(=O)COc1ccc2c(oc(=O)c3ccccc32)c1C. The second-order valence-electron chi connectivity index (χ2n) is 5.86. The predicted octanol–water partition coefficient (Wildman–Crippen LogP) is 3.50. The van der Waals surface area contributed by atoms with Crippen molar-refractivity contribution in [3.63, 3.8) is 0 Å². The molecule has 0 spiro atoms. The van der Waals surface area contributed by atoms with Gasteiger partial charge in [0.2, 0.25) is 0 Å². The van der Waals surface area contributed by atoms with Gasteiger partial charge in [-0.25, -0.2) is 4.79 Å². The Morgan fingerprint density at radius 3 is 2.40 bits per heavy atom. The molecule has 0 bridgehead atoms. The molecule has 0 saturated heterocycles. The fraction of sp³-hybridized carbons (Fsp3) is 0.300. The van der Waals surface area contributed by atoms with E-state index >= 15 is 0 Å². The van der Waals surface area contributed by atoms with E-state index in [0.717, 1.165) is 10.8 Å². The van der Waals surface area contributed by atoms with Gasteiger partial charge >= 0.3 is 5.63 Å². The Morgan fingerprint density at radius 1 is 1.04 bits per heavy atom. The topological polar surface area (TPSA) is 59.8 Å². The van der Waals surface area contributed by atoms with Crippen molar-refractivity contribution in [3.05, 3.63) is 52.4 Å². The van der Waals surface area contributed by atoms with E-state index in [2.05, 4.69) is 0 Å². The van der Waals surface area contributed by atoms with Crippen molar-refractivity contribution in [2.75, 3.05) is 19.7 Å². The summed E-state index contributed by atoms with van der Waals surface area (Å²) in [7, 11) is 0. The summed E-state index contributed by atoms with van der Waals surface area (Å²) in [5.41, 5.74) is 0.840. The second-order valence-corrected chi connectivity index (χ2v) is 5.86. The first-order valence-electron chi connectivity index (χ1n) is 8.42. The lowest BCUT2D eigenvalue weighted by atomic mass is 10.0. The van der Waals surface area contributed by atoms with E-state index in [4.69, 9.17) is 9.15 Å². The highest BCUT2D eigenvalue weighted by molar-refractivity contribution is 6.05. The second kappa shape index (κ2) is 6.97. The number of likely N-dealkylation sites (N-methyl/N-ethyl adjacent to an activating group) is 1. The number of nitrogens with zero attached hydrogens (tertiary/aromatic N) is 1. The van der Waals surface area contributed by atoms with E-state index in [-0.39, 0.29) is 18.1 Å². The van der Waals surface area contributed by atoms with Crippen LogP contribution in [0.5, 0.6) is 5.75 Å². The largest absolute Gasteiger partial charge is 0.483 e. The molecule has 5 nitrogen and oxygen atoms in total. The maximum Gasteiger partial charge on any atom is 0.344 e. The number of amides is 1. The van der Waals surface area contributed by atoms with Gasteiger partial charge < -0.3 is 14.1 Å². The van der Waals surface area contributed by atoms with Crippen molar-refractivity contribution < 1.29 is 13.9 Å². The van der Waals surface area contributed by atoms with Crippen LogP contribution < -0.4 is 10.4 Å². The molecular formula is C20H21NO4. The first-order chi connectivity index (χ1) is 12.1. The zero-order valence-corrected chi connectivity index (χ0v) is 14.7. The maximum absolute atomic E-state index is 12.2. The number of rotatable bonds is 5. The minimum absolute atomic E-state index is 0.0359. The van der Waals surface area contributed by atoms with Gasteiger partial charge in [-0.15, -0.1) is 0 Å². The Hall–Kier alpha value is -2.82. The smallest absolute Gasteiger partial charge is 0.344 e. The minimum Gasteiger partial charge on any atom is -0.483 e. The number of fused-ring (bicyclic) bond motifs is 3. The van der Waals surface area contributed by atoms with Gasteiger partial charge in [0, 0.05) is 24.0 Å². The number of hydrogen-bond acceptors (Lipinski definition) is 4. The molecule has 0 aliphatic rings. The van der Waals surface area contributed by atoms with Gasteiger partial charge in [-0.05, 0) is 44.4 Å². The summed E-state index contributed by atoms with van der Waals surface area (Å²) < 4.78 is 11.2. The zero-order chi connectivity index (χ0) is 18.0. The van der Waals surface area contributed by atoms with Gasteiger partial charge in [-0.3, -0.25) is 4.79 Å². The van der Waals surface area contributed by atoms with Gasteiger partial charge in [0.1, 0.15) is 11.3 Å². The first kappa shape index (κ1) is 17.0. The van der Waals surface area contributed by atoms with Gasteiger partial charge in [-0.1, -0.05) is 18.2 Å². The summed E-state index contributed by atoms with van der Waals surface area (Å²) in [6.45, 7) is 6.96. The third-order valence-electron chi connectivity index (χ3n) is 4.46. The lowest BCUT2D eigenvalue weighted by molar-refractivity contribution is -0.132. The van der Waals surface area contributed by atoms with Crippen LogP contribution in [0.1, 0.15) is 19.4 Å². The van der Waals surface area contributed by atoms with Crippen LogP contribution in [0.2, 0.25) is 0 Å². The molecule has 3 aromatic rings. The van der Waals surface area contributed by atoms with Crippen molar-refractivity contribution in [1.29, 1.82) is 0 Å². The summed E-state index contributed by atoms with van der Waals surface area (Å²) in [4.78, 5) is 26.0. The molecule has 25 heavy (non-hydrogen) atoms. The highest BCUT2D eigenvalue weighted by Gasteiger charge is 2.15. The molecule has 0 aliphatic heterocycles. The lowest BCUT2D eigenvalue weighted by Gasteiger charge is -2.19. The number of carbonyl (C=O) groups excluding carboxylic acids is 1. The Labute approximate surface area is 145 Å². The highest BCUT2D eigenvalue weighted by atomic mass is 16.5. The molecule has 0 fully saturated rings. The molecule has 3 rings (SSSR count). The van der Waals surface area contributed by atoms with E-state index in [0.29, 0.717) is 35.4 Å². The molecular weight excluding hydrogens is 318 g/mol. The molecule has 0 N–H and O–H groups in total. The van der Waals surface area contributed by atoms with E-state index in [1.807, 2.05) is 51.1 Å². The summed E-state index contributed by atoms with van der Waals surface area (Å²) in [6, 6.07) is 11.0. The zero-order valence-electron chi connectivity index (χ0n) is 14.7. The third kappa shape index (κ3) is 3.09. The number of aryl methyl sites for hydroxylation is 1. The molecule has 0 unspecified atom stereocenters. The van der Waals surface area contributed by atoms with E-state index < -0.39 is 0 Å².